The Hall–Kier alpha value is -4.21. The van der Waals surface area contributed by atoms with Crippen LogP contribution in [0.4, 0.5) is 11.6 Å². The molecule has 168 valence electrons. The van der Waals surface area contributed by atoms with Crippen LogP contribution in [0.15, 0.2) is 48.8 Å². The van der Waals surface area contributed by atoms with Crippen molar-refractivity contribution in [3.8, 4) is 11.5 Å². The number of anilines is 2. The van der Waals surface area contributed by atoms with Crippen molar-refractivity contribution < 1.29 is 14.3 Å². The molecule has 1 aromatic carbocycles. The van der Waals surface area contributed by atoms with Crippen LogP contribution in [-0.4, -0.2) is 36.2 Å². The summed E-state index contributed by atoms with van der Waals surface area (Å²) in [5.74, 6) is 1.17. The molecule has 3 heterocycles. The summed E-state index contributed by atoms with van der Waals surface area (Å²) in [6.45, 7) is 4.47. The smallest absolute Gasteiger partial charge is 0.259 e. The van der Waals surface area contributed by atoms with E-state index in [0.717, 1.165) is 12.8 Å². The maximum Gasteiger partial charge on any atom is 0.259 e. The fraction of sp³-hybridized carbons (Fsp3) is 0.261. The number of fused-ring (bicyclic) bond motifs is 1. The normalized spacial score (nSPS) is 13.2. The predicted molar refractivity (Wildman–Crippen MR) is 121 cm³/mol. The second kappa shape index (κ2) is 8.38. The van der Waals surface area contributed by atoms with Gasteiger partial charge in [-0.1, -0.05) is 6.07 Å². The van der Waals surface area contributed by atoms with Gasteiger partial charge in [0, 0.05) is 30.4 Å². The van der Waals surface area contributed by atoms with Crippen molar-refractivity contribution in [2.45, 2.75) is 33.2 Å². The van der Waals surface area contributed by atoms with Crippen molar-refractivity contribution in [1.82, 2.24) is 24.4 Å². The number of carbonyl (C=O) groups excluding carboxylic acids is 2. The van der Waals surface area contributed by atoms with Gasteiger partial charge in [-0.2, -0.15) is 10.1 Å². The minimum absolute atomic E-state index is 0.0431. The number of hydrogen-bond acceptors (Lipinski definition) is 6. The molecule has 10 nitrogen and oxygen atoms in total. The van der Waals surface area contributed by atoms with Gasteiger partial charge in [0.15, 0.2) is 5.65 Å². The minimum atomic E-state index is -0.228. The Morgan fingerprint density at radius 3 is 2.70 bits per heavy atom. The number of carbonyl (C=O) groups is 2. The highest BCUT2D eigenvalue weighted by Gasteiger charge is 2.30. The van der Waals surface area contributed by atoms with Crippen LogP contribution in [0.25, 0.3) is 5.65 Å². The van der Waals surface area contributed by atoms with E-state index in [-0.39, 0.29) is 23.7 Å². The van der Waals surface area contributed by atoms with Gasteiger partial charge in [-0.3, -0.25) is 19.6 Å². The quantitative estimate of drug-likeness (QED) is 0.449. The summed E-state index contributed by atoms with van der Waals surface area (Å²) in [6, 6.07) is 10.7. The summed E-state index contributed by atoms with van der Waals surface area (Å²) in [4.78, 5) is 28.9. The predicted octanol–water partition coefficient (Wildman–Crippen LogP) is 3.65. The number of rotatable bonds is 7. The van der Waals surface area contributed by atoms with E-state index >= 15 is 0 Å². The Bertz CT molecular complexity index is 1350. The van der Waals surface area contributed by atoms with E-state index in [1.165, 1.54) is 0 Å². The highest BCUT2D eigenvalue weighted by molar-refractivity contribution is 6.05. The summed E-state index contributed by atoms with van der Waals surface area (Å²) in [5, 5.41) is 14.2. The molecule has 10 heteroatoms. The number of ether oxygens (including phenoxy) is 1. The minimum Gasteiger partial charge on any atom is -0.456 e. The van der Waals surface area contributed by atoms with Gasteiger partial charge in [0.1, 0.15) is 11.5 Å². The van der Waals surface area contributed by atoms with Crippen molar-refractivity contribution in [3.05, 3.63) is 60.0 Å². The number of nitrogens with zero attached hydrogens (tertiary/aromatic N) is 5. The lowest BCUT2D eigenvalue weighted by Gasteiger charge is -2.09. The molecule has 0 aliphatic heterocycles. The first-order valence-electron chi connectivity index (χ1n) is 10.8. The molecule has 3 aromatic heterocycles. The largest absolute Gasteiger partial charge is 0.456 e. The molecule has 0 bridgehead atoms. The monoisotopic (exact) mass is 445 g/mol. The summed E-state index contributed by atoms with van der Waals surface area (Å²) in [7, 11) is 0. The lowest BCUT2D eigenvalue weighted by atomic mass is 10.2. The third-order valence-corrected chi connectivity index (χ3v) is 5.33. The van der Waals surface area contributed by atoms with Gasteiger partial charge in [-0.05, 0) is 51.0 Å². The zero-order chi connectivity index (χ0) is 22.9. The van der Waals surface area contributed by atoms with Gasteiger partial charge in [-0.15, -0.1) is 5.10 Å². The molecule has 2 amide bonds. The van der Waals surface area contributed by atoms with Crippen LogP contribution in [-0.2, 0) is 11.3 Å². The van der Waals surface area contributed by atoms with Gasteiger partial charge in [0.05, 0.1) is 17.5 Å². The topological polar surface area (TPSA) is 115 Å². The molecule has 1 saturated carbocycles. The van der Waals surface area contributed by atoms with E-state index in [9.17, 15) is 9.59 Å². The lowest BCUT2D eigenvalue weighted by molar-refractivity contribution is -0.117. The molecule has 2 N–H and O–H groups in total. The maximum absolute atomic E-state index is 12.7. The first-order chi connectivity index (χ1) is 16.0. The number of hydrogen-bond donors (Lipinski definition) is 2. The average Bonchev–Trinajstić information content (AvgIpc) is 3.47. The van der Waals surface area contributed by atoms with Crippen LogP contribution < -0.4 is 15.4 Å². The molecule has 0 saturated heterocycles. The summed E-state index contributed by atoms with van der Waals surface area (Å²) in [6.07, 6.45) is 5.25. The number of nitrogens with one attached hydrogen (secondary N) is 2. The standard InChI is InChI=1S/C23H23N7O3/c1-3-29-13-19(14(2)27-29)22(32)24-16-5-4-6-17(11-16)33-18-9-10-20-25-23(28-30(20)12-18)26-21(31)15-7-8-15/h4-6,9-13,15H,3,7-8H2,1-2H3,(H,24,32)(H,26,28,31). The van der Waals surface area contributed by atoms with E-state index in [1.54, 1.807) is 58.0 Å². The second-order valence-electron chi connectivity index (χ2n) is 7.93. The highest BCUT2D eigenvalue weighted by atomic mass is 16.5. The zero-order valence-corrected chi connectivity index (χ0v) is 18.3. The number of amides is 2. The zero-order valence-electron chi connectivity index (χ0n) is 18.3. The molecule has 1 aliphatic carbocycles. The number of aryl methyl sites for hydroxylation is 2. The Morgan fingerprint density at radius 2 is 1.94 bits per heavy atom. The molecule has 5 rings (SSSR count). The molecule has 33 heavy (non-hydrogen) atoms. The van der Waals surface area contributed by atoms with Gasteiger partial charge in [0.25, 0.3) is 5.91 Å². The van der Waals surface area contributed by atoms with Gasteiger partial charge in [-0.25, -0.2) is 4.52 Å². The average molecular weight is 445 g/mol. The molecule has 0 spiro atoms. The third-order valence-electron chi connectivity index (χ3n) is 5.33. The Kier molecular flexibility index (Phi) is 5.25. The van der Waals surface area contributed by atoms with E-state index < -0.39 is 0 Å². The molecule has 0 atom stereocenters. The number of pyridine rings is 1. The SMILES string of the molecule is CCn1cc(C(=O)Nc2cccc(Oc3ccc4nc(NC(=O)C5CC5)nn4c3)c2)c(C)n1. The molecular weight excluding hydrogens is 422 g/mol. The van der Waals surface area contributed by atoms with Crippen LogP contribution in [0.2, 0.25) is 0 Å². The van der Waals surface area contributed by atoms with Crippen LogP contribution in [0.1, 0.15) is 35.8 Å². The summed E-state index contributed by atoms with van der Waals surface area (Å²) >= 11 is 0. The van der Waals surface area contributed by atoms with E-state index in [1.807, 2.05) is 13.8 Å². The fourth-order valence-electron chi connectivity index (χ4n) is 3.41. The van der Waals surface area contributed by atoms with Gasteiger partial charge < -0.3 is 10.1 Å². The Morgan fingerprint density at radius 1 is 1.09 bits per heavy atom. The van der Waals surface area contributed by atoms with Crippen molar-refractivity contribution in [1.29, 1.82) is 0 Å². The Labute approximate surface area is 189 Å². The van der Waals surface area contributed by atoms with Crippen LogP contribution >= 0.6 is 0 Å². The lowest BCUT2D eigenvalue weighted by Crippen LogP contribution is -2.14. The van der Waals surface area contributed by atoms with Gasteiger partial charge in [0.2, 0.25) is 11.9 Å². The summed E-state index contributed by atoms with van der Waals surface area (Å²) in [5.41, 5.74) is 2.41. The maximum atomic E-state index is 12.7. The number of benzene rings is 1. The van der Waals surface area contributed by atoms with Crippen LogP contribution in [0, 0.1) is 12.8 Å². The fourth-order valence-corrected chi connectivity index (χ4v) is 3.41. The molecule has 1 fully saturated rings. The molecular formula is C23H23N7O3. The highest BCUT2D eigenvalue weighted by Crippen LogP contribution is 2.30. The third kappa shape index (κ3) is 4.54. The number of aromatic nitrogens is 5. The van der Waals surface area contributed by atoms with Crippen molar-refractivity contribution in [3.63, 3.8) is 0 Å². The van der Waals surface area contributed by atoms with E-state index in [0.29, 0.717) is 40.6 Å². The molecule has 4 aromatic rings. The van der Waals surface area contributed by atoms with Gasteiger partial charge >= 0.3 is 0 Å². The van der Waals surface area contributed by atoms with Crippen LogP contribution in [0.3, 0.4) is 0 Å². The summed E-state index contributed by atoms with van der Waals surface area (Å²) < 4.78 is 9.24. The Balaban J connectivity index is 1.29. The molecule has 0 unspecified atom stereocenters. The van der Waals surface area contributed by atoms with E-state index in [2.05, 4.69) is 25.8 Å². The molecule has 0 radical (unpaired) electrons. The molecule has 1 aliphatic rings. The van der Waals surface area contributed by atoms with Crippen LogP contribution in [0.5, 0.6) is 11.5 Å². The van der Waals surface area contributed by atoms with Crippen molar-refractivity contribution in [2.24, 2.45) is 5.92 Å². The van der Waals surface area contributed by atoms with Crippen molar-refractivity contribution in [2.75, 3.05) is 10.6 Å². The first-order valence-corrected chi connectivity index (χ1v) is 10.8. The first kappa shape index (κ1) is 20.7. The van der Waals surface area contributed by atoms with Crippen molar-refractivity contribution >= 4 is 29.1 Å². The second-order valence-corrected chi connectivity index (χ2v) is 7.93. The van der Waals surface area contributed by atoms with E-state index in [4.69, 9.17) is 4.74 Å².